The average molecular weight is 281 g/mol. The highest BCUT2D eigenvalue weighted by Crippen LogP contribution is 2.37. The van der Waals surface area contributed by atoms with Crippen molar-refractivity contribution >= 4 is 22.4 Å². The summed E-state index contributed by atoms with van der Waals surface area (Å²) in [7, 11) is 0. The summed E-state index contributed by atoms with van der Waals surface area (Å²) in [5, 5.41) is 16.9. The zero-order valence-electron chi connectivity index (χ0n) is 9.12. The van der Waals surface area contributed by atoms with Crippen LogP contribution >= 0.6 is 11.3 Å². The molecule has 5 nitrogen and oxygen atoms in total. The first-order valence-electron chi connectivity index (χ1n) is 5.26. The molecule has 9 heteroatoms. The molecule has 0 atom stereocenters. The fourth-order valence-electron chi connectivity index (χ4n) is 1.96. The molecule has 1 aliphatic carbocycles. The van der Waals surface area contributed by atoms with Gasteiger partial charge in [-0.3, -0.25) is 0 Å². The van der Waals surface area contributed by atoms with E-state index in [1.807, 2.05) is 0 Å². The average Bonchev–Trinajstić information content (AvgIpc) is 2.86. The van der Waals surface area contributed by atoms with Crippen molar-refractivity contribution in [3.8, 4) is 0 Å². The van der Waals surface area contributed by atoms with Gasteiger partial charge in [-0.25, -0.2) is 4.79 Å². The van der Waals surface area contributed by atoms with Gasteiger partial charge in [-0.05, 0) is 12.8 Å². The summed E-state index contributed by atoms with van der Waals surface area (Å²) in [6.45, 7) is 0. The summed E-state index contributed by atoms with van der Waals surface area (Å²) in [5.74, 6) is -1.07. The van der Waals surface area contributed by atoms with Crippen LogP contribution in [0.25, 0.3) is 0 Å². The van der Waals surface area contributed by atoms with Crippen LogP contribution in [0, 0.1) is 0 Å². The molecule has 18 heavy (non-hydrogen) atoms. The molecule has 0 radical (unpaired) electrons. The number of rotatable bonds is 3. The molecule has 0 aromatic carbocycles. The Morgan fingerprint density at radius 2 is 1.94 bits per heavy atom. The molecule has 0 saturated heterocycles. The molecule has 0 unspecified atom stereocenters. The minimum absolute atomic E-state index is 0.105. The Labute approximate surface area is 104 Å². The summed E-state index contributed by atoms with van der Waals surface area (Å²) in [5.41, 5.74) is -1.21. The maximum Gasteiger partial charge on any atom is 0.445 e. The Balaban J connectivity index is 2.18. The van der Waals surface area contributed by atoms with Crippen LogP contribution < -0.4 is 5.32 Å². The highest BCUT2D eigenvalue weighted by atomic mass is 32.1. The largest absolute Gasteiger partial charge is 0.480 e. The Hall–Kier alpha value is -1.38. The highest BCUT2D eigenvalue weighted by Gasteiger charge is 2.43. The molecule has 1 aromatic rings. The van der Waals surface area contributed by atoms with Gasteiger partial charge in [0.25, 0.3) is 0 Å². The number of aliphatic carboxylic acids is 1. The molecule has 2 N–H and O–H groups in total. The van der Waals surface area contributed by atoms with Gasteiger partial charge >= 0.3 is 12.1 Å². The molecule has 0 amide bonds. The standard InChI is InChI=1S/C9H10F3N3O2S/c10-9(11,12)5-14-15-7(18-5)13-8(6(16)17)3-1-2-4-8/h1-4H2,(H,13,15)(H,16,17). The van der Waals surface area contributed by atoms with Crippen LogP contribution in [0.4, 0.5) is 18.3 Å². The Morgan fingerprint density at radius 1 is 1.33 bits per heavy atom. The number of halogens is 3. The summed E-state index contributed by atoms with van der Waals surface area (Å²) >= 11 is 0.321. The van der Waals surface area contributed by atoms with Gasteiger partial charge in [0, 0.05) is 0 Å². The molecular weight excluding hydrogens is 271 g/mol. The molecule has 100 valence electrons. The second-order valence-corrected chi connectivity index (χ2v) is 5.11. The third-order valence-corrected chi connectivity index (χ3v) is 3.76. The van der Waals surface area contributed by atoms with E-state index >= 15 is 0 Å². The van der Waals surface area contributed by atoms with Crippen LogP contribution in [-0.2, 0) is 11.0 Å². The van der Waals surface area contributed by atoms with Crippen LogP contribution in [0.2, 0.25) is 0 Å². The van der Waals surface area contributed by atoms with E-state index in [4.69, 9.17) is 5.11 Å². The summed E-state index contributed by atoms with van der Waals surface area (Å²) < 4.78 is 37.0. The molecule has 2 rings (SSSR count). The number of hydrogen-bond acceptors (Lipinski definition) is 5. The SMILES string of the molecule is O=C(O)C1(Nc2nnc(C(F)(F)F)s2)CCCC1. The van der Waals surface area contributed by atoms with Gasteiger partial charge in [0.05, 0.1) is 0 Å². The van der Waals surface area contributed by atoms with Crippen molar-refractivity contribution in [3.05, 3.63) is 5.01 Å². The fourth-order valence-corrected chi connectivity index (χ4v) is 2.67. The van der Waals surface area contributed by atoms with Crippen molar-refractivity contribution in [1.29, 1.82) is 0 Å². The first kappa shape index (κ1) is 13.1. The molecule has 0 spiro atoms. The summed E-state index contributed by atoms with van der Waals surface area (Å²) in [6, 6.07) is 0. The molecule has 1 fully saturated rings. The van der Waals surface area contributed by atoms with E-state index in [1.165, 1.54) is 0 Å². The predicted octanol–water partition coefficient (Wildman–Crippen LogP) is 2.37. The van der Waals surface area contributed by atoms with Crippen LogP contribution in [0.15, 0.2) is 0 Å². The third-order valence-electron chi connectivity index (χ3n) is 2.88. The summed E-state index contributed by atoms with van der Waals surface area (Å²) in [6.07, 6.45) is -2.34. The Kier molecular flexibility index (Phi) is 3.18. The van der Waals surface area contributed by atoms with E-state index in [9.17, 15) is 18.0 Å². The maximum atomic E-state index is 12.3. The van der Waals surface area contributed by atoms with E-state index in [1.54, 1.807) is 0 Å². The topological polar surface area (TPSA) is 75.1 Å². The normalized spacial score (nSPS) is 18.8. The first-order valence-corrected chi connectivity index (χ1v) is 6.07. The van der Waals surface area contributed by atoms with Crippen LogP contribution in [0.3, 0.4) is 0 Å². The van der Waals surface area contributed by atoms with Gasteiger partial charge < -0.3 is 10.4 Å². The second-order valence-electron chi connectivity index (χ2n) is 4.13. The molecule has 1 aromatic heterocycles. The van der Waals surface area contributed by atoms with Gasteiger partial charge in [-0.2, -0.15) is 13.2 Å². The number of nitrogens with zero attached hydrogens (tertiary/aromatic N) is 2. The number of carboxylic acid groups (broad SMARTS) is 1. The van der Waals surface area contributed by atoms with Gasteiger partial charge in [0.1, 0.15) is 5.54 Å². The quantitative estimate of drug-likeness (QED) is 0.889. The first-order chi connectivity index (χ1) is 8.33. The van der Waals surface area contributed by atoms with Crippen LogP contribution in [0.5, 0.6) is 0 Å². The van der Waals surface area contributed by atoms with E-state index < -0.39 is 22.7 Å². The number of carbonyl (C=O) groups is 1. The Bertz CT molecular complexity index is 454. The van der Waals surface area contributed by atoms with Gasteiger partial charge in [-0.15, -0.1) is 10.2 Å². The lowest BCUT2D eigenvalue weighted by molar-refractivity contribution is -0.142. The zero-order chi connectivity index (χ0) is 13.4. The molecule has 1 saturated carbocycles. The molecule has 1 heterocycles. The minimum Gasteiger partial charge on any atom is -0.480 e. The van der Waals surface area contributed by atoms with E-state index in [2.05, 4.69) is 15.5 Å². The monoisotopic (exact) mass is 281 g/mol. The maximum absolute atomic E-state index is 12.3. The van der Waals surface area contributed by atoms with Gasteiger partial charge in [-0.1, -0.05) is 24.2 Å². The number of carboxylic acids is 1. The van der Waals surface area contributed by atoms with Crippen molar-refractivity contribution in [3.63, 3.8) is 0 Å². The van der Waals surface area contributed by atoms with Crippen LogP contribution in [-0.4, -0.2) is 26.8 Å². The van der Waals surface area contributed by atoms with Gasteiger partial charge in [0.2, 0.25) is 10.1 Å². The third kappa shape index (κ3) is 2.40. The van der Waals surface area contributed by atoms with Crippen molar-refractivity contribution < 1.29 is 23.1 Å². The molecule has 0 aliphatic heterocycles. The second kappa shape index (κ2) is 4.38. The van der Waals surface area contributed by atoms with Crippen molar-refractivity contribution in [2.24, 2.45) is 0 Å². The number of anilines is 1. The zero-order valence-corrected chi connectivity index (χ0v) is 9.94. The van der Waals surface area contributed by atoms with E-state index in [0.29, 0.717) is 24.2 Å². The number of hydrogen-bond donors (Lipinski definition) is 2. The van der Waals surface area contributed by atoms with E-state index in [-0.39, 0.29) is 5.13 Å². The van der Waals surface area contributed by atoms with Crippen molar-refractivity contribution in [1.82, 2.24) is 10.2 Å². The fraction of sp³-hybridized carbons (Fsp3) is 0.667. The molecular formula is C9H10F3N3O2S. The van der Waals surface area contributed by atoms with E-state index in [0.717, 1.165) is 12.8 Å². The van der Waals surface area contributed by atoms with Gasteiger partial charge in [0.15, 0.2) is 0 Å². The number of alkyl halides is 3. The Morgan fingerprint density at radius 3 is 2.39 bits per heavy atom. The lowest BCUT2D eigenvalue weighted by Crippen LogP contribution is -2.43. The summed E-state index contributed by atoms with van der Waals surface area (Å²) in [4.78, 5) is 11.2. The molecule has 1 aliphatic rings. The van der Waals surface area contributed by atoms with Crippen molar-refractivity contribution in [2.75, 3.05) is 5.32 Å². The predicted molar refractivity (Wildman–Crippen MR) is 57.4 cm³/mol. The number of nitrogens with one attached hydrogen (secondary N) is 1. The minimum atomic E-state index is -4.55. The highest BCUT2D eigenvalue weighted by molar-refractivity contribution is 7.15. The molecule has 0 bridgehead atoms. The van der Waals surface area contributed by atoms with Crippen LogP contribution in [0.1, 0.15) is 30.7 Å². The smallest absolute Gasteiger partial charge is 0.445 e. The lowest BCUT2D eigenvalue weighted by atomic mass is 9.98. The lowest BCUT2D eigenvalue weighted by Gasteiger charge is -2.24. The number of aromatic nitrogens is 2. The van der Waals surface area contributed by atoms with Crippen molar-refractivity contribution in [2.45, 2.75) is 37.4 Å².